The molecule has 1 N–H and O–H groups in total. The van der Waals surface area contributed by atoms with Crippen LogP contribution in [0.15, 0.2) is 48.5 Å². The predicted octanol–water partition coefficient (Wildman–Crippen LogP) is 6.00. The first kappa shape index (κ1) is 27.3. The van der Waals surface area contributed by atoms with Crippen LogP contribution >= 0.6 is 0 Å². The molecule has 0 bridgehead atoms. The average molecular weight is 530 g/mol. The van der Waals surface area contributed by atoms with Crippen molar-refractivity contribution in [1.82, 2.24) is 15.3 Å². The maximum Gasteiger partial charge on any atom is 0.416 e. The number of rotatable bonds is 6. The van der Waals surface area contributed by atoms with Crippen molar-refractivity contribution in [3.63, 3.8) is 0 Å². The summed E-state index contributed by atoms with van der Waals surface area (Å²) in [6.07, 6.45) is -6.67. The van der Waals surface area contributed by atoms with Crippen LogP contribution in [-0.2, 0) is 29.1 Å². The van der Waals surface area contributed by atoms with Crippen LogP contribution in [0.5, 0.6) is 0 Å². The second-order valence-electron chi connectivity index (χ2n) is 9.65. The number of hydrazine groups is 1. The fourth-order valence-corrected chi connectivity index (χ4v) is 4.95. The van der Waals surface area contributed by atoms with Gasteiger partial charge >= 0.3 is 18.4 Å². The number of hydrogen-bond donors (Lipinski definition) is 1. The van der Waals surface area contributed by atoms with Crippen molar-refractivity contribution in [2.24, 2.45) is 0 Å². The molecule has 0 unspecified atom stereocenters. The molecule has 2 amide bonds. The Labute approximate surface area is 211 Å². The molecule has 2 fully saturated rings. The number of halogens is 6. The zero-order valence-corrected chi connectivity index (χ0v) is 20.2. The highest BCUT2D eigenvalue weighted by Gasteiger charge is 2.39. The number of likely N-dealkylation sites (tertiary alicyclic amines) is 1. The minimum atomic E-state index is -4.91. The Morgan fingerprint density at radius 3 is 1.97 bits per heavy atom. The summed E-state index contributed by atoms with van der Waals surface area (Å²) in [6, 6.07) is 10.9. The Kier molecular flexibility index (Phi) is 8.03. The molecule has 0 atom stereocenters. The van der Waals surface area contributed by atoms with Crippen LogP contribution in [0, 0.1) is 0 Å². The lowest BCUT2D eigenvalue weighted by molar-refractivity contribution is -0.143. The zero-order chi connectivity index (χ0) is 26.7. The van der Waals surface area contributed by atoms with E-state index >= 15 is 0 Å². The Balaban J connectivity index is 1.45. The number of urea groups is 1. The van der Waals surface area contributed by atoms with Gasteiger partial charge < -0.3 is 9.64 Å². The molecule has 2 aliphatic rings. The second kappa shape index (κ2) is 10.9. The predicted molar refractivity (Wildman–Crippen MR) is 124 cm³/mol. The van der Waals surface area contributed by atoms with Gasteiger partial charge in [0.05, 0.1) is 24.3 Å². The van der Waals surface area contributed by atoms with Gasteiger partial charge in [0.1, 0.15) is 0 Å². The van der Waals surface area contributed by atoms with Crippen LogP contribution in [0.25, 0.3) is 0 Å². The van der Waals surface area contributed by atoms with Gasteiger partial charge in [-0.2, -0.15) is 26.3 Å². The average Bonchev–Trinajstić information content (AvgIpc) is 3.40. The number of nitrogens with zero attached hydrogens (tertiary/aromatic N) is 2. The van der Waals surface area contributed by atoms with E-state index in [4.69, 9.17) is 4.74 Å². The summed E-state index contributed by atoms with van der Waals surface area (Å²) >= 11 is 0. The molecule has 2 saturated heterocycles. The van der Waals surface area contributed by atoms with Crippen LogP contribution in [0.2, 0.25) is 0 Å². The van der Waals surface area contributed by atoms with Crippen molar-refractivity contribution >= 4 is 6.03 Å². The van der Waals surface area contributed by atoms with Crippen LogP contribution in [0.1, 0.15) is 47.9 Å². The van der Waals surface area contributed by atoms with Crippen molar-refractivity contribution in [1.29, 1.82) is 0 Å². The highest BCUT2D eigenvalue weighted by molar-refractivity contribution is 5.73. The summed E-state index contributed by atoms with van der Waals surface area (Å²) in [5, 5.41) is 1.85. The number of hydrogen-bond acceptors (Lipinski definition) is 3. The highest BCUT2D eigenvalue weighted by Crippen LogP contribution is 2.38. The van der Waals surface area contributed by atoms with Crippen molar-refractivity contribution in [3.8, 4) is 0 Å². The number of alkyl halides is 6. The highest BCUT2D eigenvalue weighted by atomic mass is 19.4. The van der Waals surface area contributed by atoms with Gasteiger partial charge in [-0.1, -0.05) is 30.3 Å². The van der Waals surface area contributed by atoms with E-state index in [0.717, 1.165) is 31.5 Å². The van der Waals surface area contributed by atoms with Gasteiger partial charge in [-0.05, 0) is 55.0 Å². The SMILES string of the molecule is O=C(NN1CCC(COCc2cc(C(F)(F)F)cc(C(F)(F)F)c2)(c2ccccc2)CC1)N1CCCC1. The first-order valence-electron chi connectivity index (χ1n) is 12.2. The molecule has 2 heterocycles. The van der Waals surface area contributed by atoms with Gasteiger partial charge in [0.15, 0.2) is 0 Å². The lowest BCUT2D eigenvalue weighted by Gasteiger charge is -2.42. The standard InChI is InChI=1S/C26H29F6N3O2/c27-25(28,29)21-14-19(15-22(16-21)26(30,31)32)17-37-18-24(20-6-2-1-3-7-20)8-12-35(13-9-24)33-23(36)34-10-4-5-11-34/h1-3,6-7,14-16H,4-5,8-13,17-18H2,(H,33,36). The number of piperidine rings is 1. The van der Waals surface area contributed by atoms with E-state index in [1.807, 2.05) is 35.3 Å². The minimum absolute atomic E-state index is 0.112. The Morgan fingerprint density at radius 1 is 0.865 bits per heavy atom. The topological polar surface area (TPSA) is 44.8 Å². The molecule has 0 saturated carbocycles. The van der Waals surface area contributed by atoms with E-state index in [-0.39, 0.29) is 24.3 Å². The first-order chi connectivity index (χ1) is 17.5. The van der Waals surface area contributed by atoms with Gasteiger partial charge in [-0.25, -0.2) is 9.80 Å². The maximum absolute atomic E-state index is 13.2. The van der Waals surface area contributed by atoms with Crippen molar-refractivity contribution in [2.45, 2.75) is 50.1 Å². The molecule has 11 heteroatoms. The van der Waals surface area contributed by atoms with Gasteiger partial charge in [-0.3, -0.25) is 5.43 Å². The van der Waals surface area contributed by atoms with E-state index in [0.29, 0.717) is 38.1 Å². The molecule has 0 aromatic heterocycles. The van der Waals surface area contributed by atoms with Crippen LogP contribution < -0.4 is 5.43 Å². The molecule has 2 aromatic rings. The van der Waals surface area contributed by atoms with E-state index < -0.39 is 35.5 Å². The first-order valence-corrected chi connectivity index (χ1v) is 12.2. The van der Waals surface area contributed by atoms with Crippen molar-refractivity contribution < 1.29 is 35.9 Å². The fraction of sp³-hybridized carbons (Fsp3) is 0.500. The van der Waals surface area contributed by atoms with Crippen molar-refractivity contribution in [2.75, 3.05) is 32.8 Å². The molecular formula is C26H29F6N3O2. The molecule has 5 nitrogen and oxygen atoms in total. The second-order valence-corrected chi connectivity index (χ2v) is 9.65. The van der Waals surface area contributed by atoms with Crippen LogP contribution in [-0.4, -0.2) is 48.7 Å². The van der Waals surface area contributed by atoms with Crippen molar-refractivity contribution in [3.05, 3.63) is 70.8 Å². The third-order valence-corrected chi connectivity index (χ3v) is 7.05. The molecule has 37 heavy (non-hydrogen) atoms. The fourth-order valence-electron chi connectivity index (χ4n) is 4.95. The molecule has 0 radical (unpaired) electrons. The third kappa shape index (κ3) is 6.75. The maximum atomic E-state index is 13.2. The van der Waals surface area contributed by atoms with Crippen LogP contribution in [0.3, 0.4) is 0 Å². The van der Waals surface area contributed by atoms with Gasteiger partial charge in [-0.15, -0.1) is 0 Å². The number of nitrogens with one attached hydrogen (secondary N) is 1. The smallest absolute Gasteiger partial charge is 0.376 e. The minimum Gasteiger partial charge on any atom is -0.376 e. The quantitative estimate of drug-likeness (QED) is 0.468. The number of carbonyl (C=O) groups excluding carboxylic acids is 1. The van der Waals surface area contributed by atoms with Gasteiger partial charge in [0.2, 0.25) is 0 Å². The van der Waals surface area contributed by atoms with E-state index in [1.54, 1.807) is 4.90 Å². The Morgan fingerprint density at radius 2 is 1.43 bits per heavy atom. The van der Waals surface area contributed by atoms with E-state index in [1.165, 1.54) is 0 Å². The molecule has 202 valence electrons. The number of benzene rings is 2. The lowest BCUT2D eigenvalue weighted by Crippen LogP contribution is -2.54. The lowest BCUT2D eigenvalue weighted by atomic mass is 9.73. The Bertz CT molecular complexity index is 1030. The molecule has 0 spiro atoms. The van der Waals surface area contributed by atoms with Gasteiger partial charge in [0.25, 0.3) is 0 Å². The summed E-state index contributed by atoms with van der Waals surface area (Å²) in [7, 11) is 0. The molecule has 2 aliphatic heterocycles. The molecule has 4 rings (SSSR count). The zero-order valence-electron chi connectivity index (χ0n) is 20.2. The summed E-state index contributed by atoms with van der Waals surface area (Å²) in [6.45, 7) is 2.23. The summed E-state index contributed by atoms with van der Waals surface area (Å²) < 4.78 is 85.1. The monoisotopic (exact) mass is 529 g/mol. The van der Waals surface area contributed by atoms with Gasteiger partial charge in [0, 0.05) is 31.6 Å². The Hall–Kier alpha value is -2.79. The molecular weight excluding hydrogens is 500 g/mol. The number of ether oxygens (including phenoxy) is 1. The van der Waals surface area contributed by atoms with E-state index in [2.05, 4.69) is 5.43 Å². The summed E-state index contributed by atoms with van der Waals surface area (Å²) in [5.41, 5.74) is 0.502. The van der Waals surface area contributed by atoms with Crippen LogP contribution in [0.4, 0.5) is 31.1 Å². The molecule has 0 aliphatic carbocycles. The molecule has 2 aromatic carbocycles. The largest absolute Gasteiger partial charge is 0.416 e. The number of carbonyl (C=O) groups is 1. The van der Waals surface area contributed by atoms with E-state index in [9.17, 15) is 31.1 Å². The number of amides is 2. The summed E-state index contributed by atoms with van der Waals surface area (Å²) in [5.74, 6) is 0. The summed E-state index contributed by atoms with van der Waals surface area (Å²) in [4.78, 5) is 14.2. The normalized spacial score (nSPS) is 18.7. The third-order valence-electron chi connectivity index (χ3n) is 7.05.